The first kappa shape index (κ1) is 21.0. The fourth-order valence-corrected chi connectivity index (χ4v) is 4.84. The molecule has 8 heteroatoms. The van der Waals surface area contributed by atoms with Gasteiger partial charge in [-0.3, -0.25) is 14.4 Å². The van der Waals surface area contributed by atoms with E-state index in [1.54, 1.807) is 11.3 Å². The first-order valence-corrected chi connectivity index (χ1v) is 10.7. The molecule has 1 aromatic carbocycles. The highest BCUT2D eigenvalue weighted by Gasteiger charge is 2.32. The summed E-state index contributed by atoms with van der Waals surface area (Å²) in [7, 11) is 1.38. The third kappa shape index (κ3) is 3.78. The van der Waals surface area contributed by atoms with Crippen LogP contribution in [0.4, 0.5) is 0 Å². The maximum atomic E-state index is 12.2. The van der Waals surface area contributed by atoms with Gasteiger partial charge in [0, 0.05) is 21.6 Å². The molecule has 0 unspecified atom stereocenters. The summed E-state index contributed by atoms with van der Waals surface area (Å²) in [6.45, 7) is 6.43. The minimum Gasteiger partial charge on any atom is -0.469 e. The minimum absolute atomic E-state index is 0.0885. The number of nitrogens with zero attached hydrogens (tertiary/aromatic N) is 4. The molecular formula is C23H23N5O2S. The Morgan fingerprint density at radius 2 is 1.97 bits per heavy atom. The Hall–Kier alpha value is -3.28. The van der Waals surface area contributed by atoms with Crippen molar-refractivity contribution in [2.24, 2.45) is 10.7 Å². The second kappa shape index (κ2) is 8.46. The number of thiophene rings is 1. The summed E-state index contributed by atoms with van der Waals surface area (Å²) in [5.74, 6) is 6.98. The summed E-state index contributed by atoms with van der Waals surface area (Å²) in [5.41, 5.74) is 10.3. The zero-order valence-electron chi connectivity index (χ0n) is 17.9. The monoisotopic (exact) mass is 433 g/mol. The fraction of sp³-hybridized carbons (Fsp3) is 0.304. The number of benzene rings is 1. The van der Waals surface area contributed by atoms with E-state index in [0.717, 1.165) is 38.8 Å². The van der Waals surface area contributed by atoms with Gasteiger partial charge in [-0.05, 0) is 38.5 Å². The number of aliphatic imine (C=N–C) groups is 1. The Morgan fingerprint density at radius 1 is 1.23 bits per heavy atom. The van der Waals surface area contributed by atoms with Crippen LogP contribution in [0, 0.1) is 32.6 Å². The zero-order chi connectivity index (χ0) is 22.1. The lowest BCUT2D eigenvalue weighted by Crippen LogP contribution is -2.12. The smallest absolute Gasteiger partial charge is 0.308 e. The summed E-state index contributed by atoms with van der Waals surface area (Å²) in [5, 5.41) is 9.66. The normalized spacial score (nSPS) is 14.6. The van der Waals surface area contributed by atoms with Crippen molar-refractivity contribution in [3.05, 3.63) is 63.0 Å². The standard InChI is InChI=1S/C23H23N5O2S/c1-13-14(2)31-23-20(13)21(17-9-7-16(8-10-17)6-5-11-24)25-18(12-19(29)30-4)22-27-26-15(3)28(22)23/h7-10,18H,11-12,24H2,1-4H3/t18-/m0/s1. The number of hydrogen-bond acceptors (Lipinski definition) is 7. The number of hydrogen-bond donors (Lipinski definition) is 1. The van der Waals surface area contributed by atoms with E-state index in [1.807, 2.05) is 35.8 Å². The van der Waals surface area contributed by atoms with Gasteiger partial charge in [0.15, 0.2) is 5.82 Å². The van der Waals surface area contributed by atoms with Crippen molar-refractivity contribution in [1.29, 1.82) is 0 Å². The Balaban J connectivity index is 1.93. The molecule has 158 valence electrons. The van der Waals surface area contributed by atoms with Crippen LogP contribution in [-0.4, -0.2) is 40.1 Å². The molecule has 0 saturated carbocycles. The van der Waals surface area contributed by atoms with Gasteiger partial charge >= 0.3 is 5.97 Å². The van der Waals surface area contributed by atoms with Crippen LogP contribution in [0.2, 0.25) is 0 Å². The van der Waals surface area contributed by atoms with Gasteiger partial charge in [0.2, 0.25) is 0 Å². The molecule has 0 amide bonds. The highest BCUT2D eigenvalue weighted by atomic mass is 32.1. The first-order valence-electron chi connectivity index (χ1n) is 9.91. The molecule has 7 nitrogen and oxygen atoms in total. The van der Waals surface area contributed by atoms with Crippen LogP contribution >= 0.6 is 11.3 Å². The van der Waals surface area contributed by atoms with Gasteiger partial charge in [0.25, 0.3) is 0 Å². The van der Waals surface area contributed by atoms with E-state index in [2.05, 4.69) is 35.9 Å². The predicted molar refractivity (Wildman–Crippen MR) is 121 cm³/mol. The average molecular weight is 434 g/mol. The second-order valence-corrected chi connectivity index (χ2v) is 8.46. The minimum atomic E-state index is -0.500. The van der Waals surface area contributed by atoms with Gasteiger partial charge < -0.3 is 10.5 Å². The molecule has 0 saturated heterocycles. The van der Waals surface area contributed by atoms with Crippen LogP contribution in [0.25, 0.3) is 5.00 Å². The maximum absolute atomic E-state index is 12.2. The number of fused-ring (bicyclic) bond motifs is 3. The molecular weight excluding hydrogens is 410 g/mol. The van der Waals surface area contributed by atoms with Crippen LogP contribution in [0.3, 0.4) is 0 Å². The number of aromatic nitrogens is 3. The van der Waals surface area contributed by atoms with Crippen LogP contribution in [0.1, 0.15) is 51.2 Å². The van der Waals surface area contributed by atoms with Crippen molar-refractivity contribution in [2.45, 2.75) is 33.2 Å². The van der Waals surface area contributed by atoms with E-state index < -0.39 is 6.04 Å². The highest BCUT2D eigenvalue weighted by Crippen LogP contribution is 2.39. The molecule has 1 aliphatic heterocycles. The van der Waals surface area contributed by atoms with Crippen molar-refractivity contribution in [3.63, 3.8) is 0 Å². The first-order chi connectivity index (χ1) is 14.9. The van der Waals surface area contributed by atoms with Crippen molar-refractivity contribution in [1.82, 2.24) is 14.8 Å². The molecule has 0 radical (unpaired) electrons. The Labute approximate surface area is 185 Å². The lowest BCUT2D eigenvalue weighted by Gasteiger charge is -2.11. The van der Waals surface area contributed by atoms with E-state index in [1.165, 1.54) is 12.0 Å². The van der Waals surface area contributed by atoms with E-state index in [0.29, 0.717) is 12.4 Å². The Morgan fingerprint density at radius 3 is 2.65 bits per heavy atom. The SMILES string of the molecule is COC(=O)C[C@@H]1N=C(c2ccc(C#CCN)cc2)c2c(sc(C)c2C)-n2c(C)nnc21. The predicted octanol–water partition coefficient (Wildman–Crippen LogP) is 3.02. The summed E-state index contributed by atoms with van der Waals surface area (Å²) in [6, 6.07) is 7.42. The maximum Gasteiger partial charge on any atom is 0.308 e. The molecule has 3 aromatic rings. The largest absolute Gasteiger partial charge is 0.469 e. The Bertz CT molecular complexity index is 1240. The second-order valence-electron chi connectivity index (χ2n) is 7.26. The molecule has 0 spiro atoms. The third-order valence-electron chi connectivity index (χ3n) is 5.32. The summed E-state index contributed by atoms with van der Waals surface area (Å²) in [4.78, 5) is 18.4. The molecule has 0 bridgehead atoms. The van der Waals surface area contributed by atoms with Crippen LogP contribution < -0.4 is 5.73 Å². The molecule has 0 aliphatic carbocycles. The third-order valence-corrected chi connectivity index (χ3v) is 6.51. The van der Waals surface area contributed by atoms with Crippen molar-refractivity contribution in [2.75, 3.05) is 13.7 Å². The number of nitrogens with two attached hydrogens (primary N) is 1. The van der Waals surface area contributed by atoms with Gasteiger partial charge in [-0.1, -0.05) is 24.0 Å². The number of carbonyl (C=O) groups is 1. The lowest BCUT2D eigenvalue weighted by atomic mass is 9.98. The molecule has 2 N–H and O–H groups in total. The molecule has 1 atom stereocenters. The van der Waals surface area contributed by atoms with E-state index in [4.69, 9.17) is 15.5 Å². The summed E-state index contributed by atoms with van der Waals surface area (Å²) < 4.78 is 6.94. The van der Waals surface area contributed by atoms with E-state index >= 15 is 0 Å². The van der Waals surface area contributed by atoms with Crippen LogP contribution in [-0.2, 0) is 9.53 Å². The molecule has 0 fully saturated rings. The number of ether oxygens (including phenoxy) is 1. The van der Waals surface area contributed by atoms with E-state index in [9.17, 15) is 4.79 Å². The van der Waals surface area contributed by atoms with Gasteiger partial charge in [-0.25, -0.2) is 0 Å². The van der Waals surface area contributed by atoms with E-state index in [-0.39, 0.29) is 12.4 Å². The number of rotatable bonds is 3. The molecule has 31 heavy (non-hydrogen) atoms. The number of aryl methyl sites for hydroxylation is 2. The molecule has 1 aliphatic rings. The quantitative estimate of drug-likeness (QED) is 0.506. The van der Waals surface area contributed by atoms with Crippen molar-refractivity contribution in [3.8, 4) is 16.8 Å². The number of carbonyl (C=O) groups excluding carboxylic acids is 1. The number of esters is 1. The van der Waals surface area contributed by atoms with Crippen LogP contribution in [0.5, 0.6) is 0 Å². The van der Waals surface area contributed by atoms with Gasteiger partial charge in [0.1, 0.15) is 16.9 Å². The van der Waals surface area contributed by atoms with Crippen LogP contribution in [0.15, 0.2) is 29.3 Å². The Kier molecular flexibility index (Phi) is 5.72. The van der Waals surface area contributed by atoms with Crippen molar-refractivity contribution < 1.29 is 9.53 Å². The van der Waals surface area contributed by atoms with Gasteiger partial charge in [-0.15, -0.1) is 21.5 Å². The average Bonchev–Trinajstić information content (AvgIpc) is 3.24. The topological polar surface area (TPSA) is 95.4 Å². The highest BCUT2D eigenvalue weighted by molar-refractivity contribution is 7.15. The van der Waals surface area contributed by atoms with Crippen molar-refractivity contribution >= 4 is 23.0 Å². The summed E-state index contributed by atoms with van der Waals surface area (Å²) in [6.07, 6.45) is 0.0885. The van der Waals surface area contributed by atoms with Gasteiger partial charge in [-0.2, -0.15) is 0 Å². The lowest BCUT2D eigenvalue weighted by molar-refractivity contribution is -0.141. The molecule has 4 rings (SSSR count). The molecule has 2 aromatic heterocycles. The molecule has 3 heterocycles. The van der Waals surface area contributed by atoms with Gasteiger partial charge in [0.05, 0.1) is 25.8 Å². The fourth-order valence-electron chi connectivity index (χ4n) is 3.63. The summed E-state index contributed by atoms with van der Waals surface area (Å²) >= 11 is 1.68. The number of methoxy groups -OCH3 is 1. The zero-order valence-corrected chi connectivity index (χ0v) is 18.7.